The summed E-state index contributed by atoms with van der Waals surface area (Å²) in [6.07, 6.45) is 2.86. The maximum absolute atomic E-state index is 11.6. The number of ether oxygens (including phenoxy) is 1. The van der Waals surface area contributed by atoms with Gasteiger partial charge < -0.3 is 15.4 Å². The van der Waals surface area contributed by atoms with E-state index in [9.17, 15) is 4.79 Å². The molecule has 1 unspecified atom stereocenters. The van der Waals surface area contributed by atoms with Crippen LogP contribution in [0.5, 0.6) is 0 Å². The van der Waals surface area contributed by atoms with Crippen LogP contribution in [0.15, 0.2) is 0 Å². The maximum Gasteiger partial charge on any atom is 0.325 e. The smallest absolute Gasteiger partial charge is 0.325 e. The molecular weight excluding hydrogens is 216 g/mol. The Morgan fingerprint density at radius 1 is 1.35 bits per heavy atom. The van der Waals surface area contributed by atoms with Crippen molar-refractivity contribution >= 4 is 5.97 Å². The molecule has 0 aliphatic carbocycles. The minimum absolute atomic E-state index is 0.307. The van der Waals surface area contributed by atoms with Gasteiger partial charge in [0.15, 0.2) is 0 Å². The second-order valence-electron chi connectivity index (χ2n) is 4.84. The molecule has 4 nitrogen and oxygen atoms in total. The summed E-state index contributed by atoms with van der Waals surface area (Å²) in [6.45, 7) is 9.09. The number of nitrogens with zero attached hydrogens (tertiary/aromatic N) is 1. The summed E-state index contributed by atoms with van der Waals surface area (Å²) in [5, 5.41) is 0. The summed E-state index contributed by atoms with van der Waals surface area (Å²) >= 11 is 0. The minimum Gasteiger partial charge on any atom is -0.465 e. The molecule has 1 atom stereocenters. The van der Waals surface area contributed by atoms with E-state index in [1.54, 1.807) is 13.8 Å². The fourth-order valence-corrected chi connectivity index (χ4v) is 1.90. The molecular formula is C13H28N2O2. The van der Waals surface area contributed by atoms with Crippen molar-refractivity contribution < 1.29 is 9.53 Å². The van der Waals surface area contributed by atoms with Gasteiger partial charge in [-0.1, -0.05) is 13.8 Å². The lowest BCUT2D eigenvalue weighted by Gasteiger charge is -2.30. The van der Waals surface area contributed by atoms with Gasteiger partial charge in [-0.05, 0) is 40.2 Å². The summed E-state index contributed by atoms with van der Waals surface area (Å²) in [5.41, 5.74) is 5.10. The first-order valence-corrected chi connectivity index (χ1v) is 6.55. The molecule has 0 aromatic carbocycles. The van der Waals surface area contributed by atoms with Crippen molar-refractivity contribution in [2.24, 2.45) is 5.73 Å². The maximum atomic E-state index is 11.6. The van der Waals surface area contributed by atoms with Gasteiger partial charge in [0.25, 0.3) is 0 Å². The van der Waals surface area contributed by atoms with Crippen LogP contribution in [0.3, 0.4) is 0 Å². The summed E-state index contributed by atoms with van der Waals surface area (Å²) in [7, 11) is 2.08. The molecule has 102 valence electrons. The van der Waals surface area contributed by atoms with E-state index in [0.717, 1.165) is 19.4 Å². The zero-order valence-electron chi connectivity index (χ0n) is 12.0. The third-order valence-corrected chi connectivity index (χ3v) is 3.29. The SMILES string of the molecule is CCOC(=O)C(C)(N)CCN(C)C(CC)CC. The van der Waals surface area contributed by atoms with E-state index in [4.69, 9.17) is 10.5 Å². The molecule has 0 radical (unpaired) electrons. The molecule has 0 rings (SSSR count). The number of rotatable bonds is 8. The van der Waals surface area contributed by atoms with Crippen LogP contribution >= 0.6 is 0 Å². The van der Waals surface area contributed by atoms with Crippen molar-refractivity contribution in [2.75, 3.05) is 20.2 Å². The summed E-state index contributed by atoms with van der Waals surface area (Å²) < 4.78 is 4.97. The molecule has 4 heteroatoms. The Kier molecular flexibility index (Phi) is 7.39. The predicted octanol–water partition coefficient (Wildman–Crippen LogP) is 1.78. The molecule has 2 N–H and O–H groups in total. The van der Waals surface area contributed by atoms with E-state index in [-0.39, 0.29) is 5.97 Å². The highest BCUT2D eigenvalue weighted by Crippen LogP contribution is 2.12. The molecule has 17 heavy (non-hydrogen) atoms. The molecule has 0 saturated carbocycles. The Balaban J connectivity index is 4.20. The lowest BCUT2D eigenvalue weighted by molar-refractivity contribution is -0.149. The molecule has 0 spiro atoms. The topological polar surface area (TPSA) is 55.6 Å². The van der Waals surface area contributed by atoms with Crippen molar-refractivity contribution in [3.63, 3.8) is 0 Å². The van der Waals surface area contributed by atoms with E-state index in [0.29, 0.717) is 19.1 Å². The van der Waals surface area contributed by atoms with Crippen molar-refractivity contribution in [2.45, 2.75) is 58.5 Å². The zero-order valence-corrected chi connectivity index (χ0v) is 12.0. The molecule has 0 aliphatic heterocycles. The van der Waals surface area contributed by atoms with Gasteiger partial charge in [-0.15, -0.1) is 0 Å². The first-order valence-electron chi connectivity index (χ1n) is 6.55. The Morgan fingerprint density at radius 2 is 1.88 bits per heavy atom. The van der Waals surface area contributed by atoms with E-state index >= 15 is 0 Å². The third kappa shape index (κ3) is 5.50. The second kappa shape index (κ2) is 7.67. The van der Waals surface area contributed by atoms with Gasteiger partial charge in [0.05, 0.1) is 6.61 Å². The summed E-state index contributed by atoms with van der Waals surface area (Å²) in [5.74, 6) is -0.307. The summed E-state index contributed by atoms with van der Waals surface area (Å²) in [4.78, 5) is 13.9. The van der Waals surface area contributed by atoms with Crippen LogP contribution in [-0.4, -0.2) is 42.6 Å². The van der Waals surface area contributed by atoms with Crippen LogP contribution < -0.4 is 5.73 Å². The fourth-order valence-electron chi connectivity index (χ4n) is 1.90. The molecule has 0 aliphatic rings. The van der Waals surface area contributed by atoms with Crippen LogP contribution in [0.25, 0.3) is 0 Å². The molecule has 0 saturated heterocycles. The third-order valence-electron chi connectivity index (χ3n) is 3.29. The van der Waals surface area contributed by atoms with Crippen LogP contribution in [0.1, 0.15) is 47.0 Å². The molecule has 0 bridgehead atoms. The lowest BCUT2D eigenvalue weighted by Crippen LogP contribution is -2.49. The van der Waals surface area contributed by atoms with Crippen molar-refractivity contribution in [1.82, 2.24) is 4.90 Å². The Labute approximate surface area is 105 Å². The van der Waals surface area contributed by atoms with Gasteiger partial charge in [-0.3, -0.25) is 4.79 Å². The monoisotopic (exact) mass is 244 g/mol. The number of nitrogens with two attached hydrogens (primary N) is 1. The number of carbonyl (C=O) groups is 1. The fraction of sp³-hybridized carbons (Fsp3) is 0.923. The van der Waals surface area contributed by atoms with Crippen molar-refractivity contribution in [3.05, 3.63) is 0 Å². The zero-order chi connectivity index (χ0) is 13.5. The highest BCUT2D eigenvalue weighted by atomic mass is 16.5. The average Bonchev–Trinajstić information content (AvgIpc) is 2.28. The van der Waals surface area contributed by atoms with Crippen molar-refractivity contribution in [3.8, 4) is 0 Å². The summed E-state index contributed by atoms with van der Waals surface area (Å²) in [6, 6.07) is 0.563. The second-order valence-corrected chi connectivity index (χ2v) is 4.84. The quantitative estimate of drug-likeness (QED) is 0.661. The average molecular weight is 244 g/mol. The van der Waals surface area contributed by atoms with Gasteiger partial charge in [-0.2, -0.15) is 0 Å². The predicted molar refractivity (Wildman–Crippen MR) is 70.8 cm³/mol. The van der Waals surface area contributed by atoms with Gasteiger partial charge in [0.1, 0.15) is 5.54 Å². The largest absolute Gasteiger partial charge is 0.465 e. The Morgan fingerprint density at radius 3 is 2.29 bits per heavy atom. The van der Waals surface area contributed by atoms with E-state index in [1.807, 2.05) is 0 Å². The van der Waals surface area contributed by atoms with E-state index < -0.39 is 5.54 Å². The van der Waals surface area contributed by atoms with Crippen molar-refractivity contribution in [1.29, 1.82) is 0 Å². The van der Waals surface area contributed by atoms with Crippen LogP contribution in [0, 0.1) is 0 Å². The lowest BCUT2D eigenvalue weighted by atomic mass is 9.98. The molecule has 0 fully saturated rings. The van der Waals surface area contributed by atoms with Crippen LogP contribution in [0.2, 0.25) is 0 Å². The number of carbonyl (C=O) groups excluding carboxylic acids is 1. The van der Waals surface area contributed by atoms with Crippen LogP contribution in [-0.2, 0) is 9.53 Å². The first-order chi connectivity index (χ1) is 7.88. The highest BCUT2D eigenvalue weighted by Gasteiger charge is 2.30. The minimum atomic E-state index is -0.879. The van der Waals surface area contributed by atoms with Crippen LogP contribution in [0.4, 0.5) is 0 Å². The van der Waals surface area contributed by atoms with Gasteiger partial charge in [0.2, 0.25) is 0 Å². The standard InChI is InChI=1S/C13H28N2O2/c1-6-11(7-2)15(5)10-9-13(4,14)12(16)17-8-3/h11H,6-10,14H2,1-5H3. The van der Waals surface area contributed by atoms with E-state index in [1.165, 1.54) is 0 Å². The molecule has 0 aromatic heterocycles. The Bertz CT molecular complexity index is 225. The van der Waals surface area contributed by atoms with Gasteiger partial charge >= 0.3 is 5.97 Å². The Hall–Kier alpha value is -0.610. The van der Waals surface area contributed by atoms with Gasteiger partial charge in [-0.25, -0.2) is 0 Å². The number of hydrogen-bond donors (Lipinski definition) is 1. The molecule has 0 heterocycles. The molecule has 0 amide bonds. The normalized spacial score (nSPS) is 15.1. The molecule has 0 aromatic rings. The number of hydrogen-bond acceptors (Lipinski definition) is 4. The van der Waals surface area contributed by atoms with E-state index in [2.05, 4.69) is 25.8 Å². The highest BCUT2D eigenvalue weighted by molar-refractivity contribution is 5.79. The first kappa shape index (κ1) is 16.4. The van der Waals surface area contributed by atoms with Gasteiger partial charge in [0, 0.05) is 12.6 Å². The number of esters is 1.